The maximum atomic E-state index is 10.3. The molecule has 0 rings (SSSR count). The Morgan fingerprint density at radius 2 is 1.88 bits per heavy atom. The highest BCUT2D eigenvalue weighted by atomic mass is 16.4. The number of aliphatic carboxylic acids is 1. The van der Waals surface area contributed by atoms with Crippen molar-refractivity contribution in [3.05, 3.63) is 0 Å². The number of aliphatic hydroxyl groups is 2. The number of hydrogen-bond donors (Lipinski definition) is 3. The minimum atomic E-state index is -0.858. The van der Waals surface area contributed by atoms with E-state index >= 15 is 0 Å². The summed E-state index contributed by atoms with van der Waals surface area (Å²) in [5, 5.41) is 27.7. The van der Waals surface area contributed by atoms with Crippen LogP contribution in [0.25, 0.3) is 0 Å². The topological polar surface area (TPSA) is 77.8 Å². The molecule has 0 aromatic heterocycles. The summed E-state index contributed by atoms with van der Waals surface area (Å²) in [4.78, 5) is 10.3. The Balaban J connectivity index is 3.42. The molecule has 0 aliphatic heterocycles. The lowest BCUT2D eigenvalue weighted by atomic mass is 9.95. The van der Waals surface area contributed by atoms with Crippen molar-refractivity contribution in [2.75, 3.05) is 0 Å². The van der Waals surface area contributed by atoms with Gasteiger partial charge >= 0.3 is 5.97 Å². The van der Waals surface area contributed by atoms with Crippen LogP contribution >= 0.6 is 0 Å². The second-order valence-corrected chi connectivity index (χ2v) is 5.04. The molecule has 0 spiro atoms. The summed E-state index contributed by atoms with van der Waals surface area (Å²) in [6.45, 7) is 3.81. The molecular weight excluding hydrogens is 220 g/mol. The van der Waals surface area contributed by atoms with E-state index in [4.69, 9.17) is 5.11 Å². The van der Waals surface area contributed by atoms with Gasteiger partial charge in [0, 0.05) is 6.42 Å². The molecule has 0 aliphatic rings. The van der Waals surface area contributed by atoms with Crippen molar-refractivity contribution in [2.24, 2.45) is 0 Å². The molecule has 0 fully saturated rings. The summed E-state index contributed by atoms with van der Waals surface area (Å²) >= 11 is 0. The van der Waals surface area contributed by atoms with Crippen molar-refractivity contribution in [1.29, 1.82) is 0 Å². The smallest absolute Gasteiger partial charge is 0.303 e. The van der Waals surface area contributed by atoms with Crippen molar-refractivity contribution in [1.82, 2.24) is 0 Å². The average molecular weight is 246 g/mol. The van der Waals surface area contributed by atoms with Crippen molar-refractivity contribution < 1.29 is 20.1 Å². The van der Waals surface area contributed by atoms with Crippen molar-refractivity contribution in [2.45, 2.75) is 76.9 Å². The highest BCUT2D eigenvalue weighted by Crippen LogP contribution is 2.18. The number of carbonyl (C=O) groups is 1. The van der Waals surface area contributed by atoms with E-state index in [0.29, 0.717) is 12.8 Å². The zero-order valence-corrected chi connectivity index (χ0v) is 11.0. The van der Waals surface area contributed by atoms with Gasteiger partial charge in [0.15, 0.2) is 0 Å². The molecule has 0 aromatic rings. The Morgan fingerprint density at radius 1 is 1.24 bits per heavy atom. The number of hydrogen-bond acceptors (Lipinski definition) is 3. The molecule has 0 amide bonds. The van der Waals surface area contributed by atoms with Crippen LogP contribution < -0.4 is 0 Å². The van der Waals surface area contributed by atoms with Gasteiger partial charge in [0.25, 0.3) is 0 Å². The largest absolute Gasteiger partial charge is 0.481 e. The molecule has 0 aliphatic carbocycles. The first kappa shape index (κ1) is 16.4. The first-order valence-corrected chi connectivity index (χ1v) is 6.49. The van der Waals surface area contributed by atoms with Crippen LogP contribution in [0.4, 0.5) is 0 Å². The molecule has 4 nitrogen and oxygen atoms in total. The summed E-state index contributed by atoms with van der Waals surface area (Å²) < 4.78 is 0. The minimum Gasteiger partial charge on any atom is -0.481 e. The van der Waals surface area contributed by atoms with Gasteiger partial charge in [-0.3, -0.25) is 4.79 Å². The van der Waals surface area contributed by atoms with Crippen LogP contribution in [0.5, 0.6) is 0 Å². The van der Waals surface area contributed by atoms with Gasteiger partial charge in [-0.25, -0.2) is 0 Å². The van der Waals surface area contributed by atoms with Gasteiger partial charge in [-0.2, -0.15) is 0 Å². The molecular formula is C13H26O4. The lowest BCUT2D eigenvalue weighted by Gasteiger charge is -2.20. The predicted octanol–water partition coefficient (Wildman–Crippen LogP) is 2.32. The predicted molar refractivity (Wildman–Crippen MR) is 66.9 cm³/mol. The van der Waals surface area contributed by atoms with Gasteiger partial charge in [0.2, 0.25) is 0 Å². The zero-order valence-electron chi connectivity index (χ0n) is 11.0. The van der Waals surface area contributed by atoms with E-state index in [2.05, 4.69) is 0 Å². The van der Waals surface area contributed by atoms with Crippen LogP contribution in [-0.2, 0) is 4.79 Å². The molecule has 2 unspecified atom stereocenters. The number of carboxylic acids is 1. The number of rotatable bonds is 10. The number of aliphatic hydroxyl groups excluding tert-OH is 1. The third-order valence-electron chi connectivity index (χ3n) is 3.21. The fourth-order valence-corrected chi connectivity index (χ4v) is 1.67. The summed E-state index contributed by atoms with van der Waals surface area (Å²) in [7, 11) is 0. The second-order valence-electron chi connectivity index (χ2n) is 5.04. The maximum absolute atomic E-state index is 10.3. The van der Waals surface area contributed by atoms with E-state index in [-0.39, 0.29) is 6.42 Å². The average Bonchev–Trinajstić information content (AvgIpc) is 2.25. The number of unbranched alkanes of at least 4 members (excludes halogenated alkanes) is 2. The standard InChI is InChI=1S/C13H26O4/c1-3-13(2,17)10-6-4-5-7-11(14)8-9-12(15)16/h11,14,17H,3-10H2,1-2H3,(H,15,16). The maximum Gasteiger partial charge on any atom is 0.303 e. The van der Waals surface area contributed by atoms with E-state index in [1.807, 2.05) is 13.8 Å². The first-order valence-electron chi connectivity index (χ1n) is 6.49. The van der Waals surface area contributed by atoms with E-state index < -0.39 is 17.7 Å². The quantitative estimate of drug-likeness (QED) is 0.517. The molecule has 3 N–H and O–H groups in total. The van der Waals surface area contributed by atoms with Crippen molar-refractivity contribution >= 4 is 5.97 Å². The molecule has 4 heteroatoms. The van der Waals surface area contributed by atoms with E-state index in [9.17, 15) is 15.0 Å². The van der Waals surface area contributed by atoms with Gasteiger partial charge in [0.05, 0.1) is 11.7 Å². The van der Waals surface area contributed by atoms with Crippen LogP contribution in [0.1, 0.15) is 65.2 Å². The summed E-state index contributed by atoms with van der Waals surface area (Å²) in [5.74, 6) is -0.858. The fraction of sp³-hybridized carbons (Fsp3) is 0.923. The van der Waals surface area contributed by atoms with Gasteiger partial charge in [-0.15, -0.1) is 0 Å². The molecule has 2 atom stereocenters. The molecule has 102 valence electrons. The van der Waals surface area contributed by atoms with Crippen LogP contribution in [0.2, 0.25) is 0 Å². The SMILES string of the molecule is CCC(C)(O)CCCCCC(O)CCC(=O)O. The molecule has 0 saturated carbocycles. The second kappa shape index (κ2) is 8.48. The zero-order chi connectivity index (χ0) is 13.3. The Hall–Kier alpha value is -0.610. The Bertz CT molecular complexity index is 213. The highest BCUT2D eigenvalue weighted by Gasteiger charge is 2.16. The lowest BCUT2D eigenvalue weighted by Crippen LogP contribution is -2.22. The van der Waals surface area contributed by atoms with Gasteiger partial charge in [0.1, 0.15) is 0 Å². The summed E-state index contributed by atoms with van der Waals surface area (Å²) in [6, 6.07) is 0. The normalized spacial score (nSPS) is 16.5. The molecule has 0 radical (unpaired) electrons. The van der Waals surface area contributed by atoms with Crippen LogP contribution in [0.15, 0.2) is 0 Å². The third-order valence-corrected chi connectivity index (χ3v) is 3.21. The monoisotopic (exact) mass is 246 g/mol. The molecule has 17 heavy (non-hydrogen) atoms. The van der Waals surface area contributed by atoms with Crippen molar-refractivity contribution in [3.63, 3.8) is 0 Å². The lowest BCUT2D eigenvalue weighted by molar-refractivity contribution is -0.137. The highest BCUT2D eigenvalue weighted by molar-refractivity contribution is 5.66. The minimum absolute atomic E-state index is 0.0334. The third kappa shape index (κ3) is 10.3. The summed E-state index contributed by atoms with van der Waals surface area (Å²) in [6.07, 6.45) is 4.88. The van der Waals surface area contributed by atoms with Crippen LogP contribution in [0.3, 0.4) is 0 Å². The summed E-state index contributed by atoms with van der Waals surface area (Å²) in [5.41, 5.74) is -0.568. The number of carboxylic acid groups (broad SMARTS) is 1. The van der Waals surface area contributed by atoms with Crippen LogP contribution in [-0.4, -0.2) is 33.0 Å². The van der Waals surface area contributed by atoms with Gasteiger partial charge in [-0.1, -0.05) is 26.2 Å². The molecule has 0 saturated heterocycles. The Labute approximate surface area is 104 Å². The van der Waals surface area contributed by atoms with E-state index in [1.54, 1.807) is 0 Å². The Kier molecular flexibility index (Phi) is 8.17. The molecule has 0 bridgehead atoms. The van der Waals surface area contributed by atoms with Crippen LogP contribution in [0, 0.1) is 0 Å². The van der Waals surface area contributed by atoms with Gasteiger partial charge < -0.3 is 15.3 Å². The molecule has 0 heterocycles. The van der Waals surface area contributed by atoms with Crippen molar-refractivity contribution in [3.8, 4) is 0 Å². The van der Waals surface area contributed by atoms with E-state index in [0.717, 1.165) is 32.1 Å². The molecule has 0 aromatic carbocycles. The van der Waals surface area contributed by atoms with Gasteiger partial charge in [-0.05, 0) is 32.6 Å². The Morgan fingerprint density at radius 3 is 2.41 bits per heavy atom. The fourth-order valence-electron chi connectivity index (χ4n) is 1.67. The first-order chi connectivity index (χ1) is 7.87. The van der Waals surface area contributed by atoms with E-state index in [1.165, 1.54) is 0 Å².